The van der Waals surface area contributed by atoms with E-state index in [2.05, 4.69) is 5.32 Å². The van der Waals surface area contributed by atoms with E-state index in [1.165, 1.54) is 11.8 Å². The van der Waals surface area contributed by atoms with Crippen LogP contribution >= 0.6 is 23.4 Å². The fraction of sp³-hybridized carbons (Fsp3) is 0.462. The number of thioether (sulfide) groups is 1. The Morgan fingerprint density at radius 3 is 2.74 bits per heavy atom. The van der Waals surface area contributed by atoms with Gasteiger partial charge in [0.05, 0.1) is 25.1 Å². The van der Waals surface area contributed by atoms with Crippen LogP contribution in [0.15, 0.2) is 29.2 Å². The molecule has 1 unspecified atom stereocenters. The van der Waals surface area contributed by atoms with Crippen molar-refractivity contribution in [1.82, 2.24) is 5.32 Å². The molecule has 4 nitrogen and oxygen atoms in total. The smallest absolute Gasteiger partial charge is 0.233 e. The highest BCUT2D eigenvalue weighted by Gasteiger charge is 2.13. The Bertz CT molecular complexity index is 386. The van der Waals surface area contributed by atoms with Gasteiger partial charge in [-0.1, -0.05) is 11.6 Å². The molecule has 1 rings (SSSR count). The number of carbonyl (C=O) groups is 1. The van der Waals surface area contributed by atoms with Gasteiger partial charge in [-0.2, -0.15) is 0 Å². The third-order valence-electron chi connectivity index (χ3n) is 2.28. The molecule has 0 saturated carbocycles. The molecule has 0 spiro atoms. The van der Waals surface area contributed by atoms with Crippen molar-refractivity contribution in [1.29, 1.82) is 0 Å². The van der Waals surface area contributed by atoms with Crippen molar-refractivity contribution in [2.45, 2.75) is 17.1 Å². The maximum Gasteiger partial charge on any atom is 0.233 e. The summed E-state index contributed by atoms with van der Waals surface area (Å²) in [6.07, 6.45) is 0. The molecule has 19 heavy (non-hydrogen) atoms. The molecular formula is C13H18ClNO3S. The molecule has 0 bridgehead atoms. The number of hydrogen-bond acceptors (Lipinski definition) is 4. The molecule has 0 aliphatic carbocycles. The van der Waals surface area contributed by atoms with Crippen LogP contribution in [0.25, 0.3) is 0 Å². The fourth-order valence-corrected chi connectivity index (χ4v) is 2.35. The average Bonchev–Trinajstić information content (AvgIpc) is 2.41. The van der Waals surface area contributed by atoms with Crippen LogP contribution < -0.4 is 5.32 Å². The molecule has 0 saturated heterocycles. The summed E-state index contributed by atoms with van der Waals surface area (Å²) in [7, 11) is 0. The molecule has 0 radical (unpaired) electrons. The zero-order chi connectivity index (χ0) is 14.1. The predicted molar refractivity (Wildman–Crippen MR) is 77.7 cm³/mol. The second-order valence-corrected chi connectivity index (χ2v) is 5.69. The van der Waals surface area contributed by atoms with E-state index in [4.69, 9.17) is 21.4 Å². The van der Waals surface area contributed by atoms with Gasteiger partial charge in [-0.25, -0.2) is 0 Å². The maximum absolute atomic E-state index is 11.8. The Hall–Kier alpha value is -0.750. The molecule has 0 fully saturated rings. The first-order valence-electron chi connectivity index (χ1n) is 6.02. The molecular weight excluding hydrogens is 286 g/mol. The molecule has 106 valence electrons. The van der Waals surface area contributed by atoms with Crippen LogP contribution in [0.1, 0.15) is 6.92 Å². The van der Waals surface area contributed by atoms with Gasteiger partial charge in [-0.15, -0.1) is 11.8 Å². The molecule has 0 aromatic heterocycles. The van der Waals surface area contributed by atoms with Crippen molar-refractivity contribution in [2.24, 2.45) is 0 Å². The van der Waals surface area contributed by atoms with E-state index >= 15 is 0 Å². The summed E-state index contributed by atoms with van der Waals surface area (Å²) in [5.74, 6) is -0.0347. The van der Waals surface area contributed by atoms with Crippen LogP contribution in [0.5, 0.6) is 0 Å². The third-order valence-corrected chi connectivity index (χ3v) is 3.64. The number of halogens is 1. The lowest BCUT2D eigenvalue weighted by Gasteiger charge is -2.12. The Morgan fingerprint density at radius 1 is 1.42 bits per heavy atom. The van der Waals surface area contributed by atoms with Crippen LogP contribution in [-0.4, -0.2) is 42.6 Å². The van der Waals surface area contributed by atoms with Gasteiger partial charge in [0.1, 0.15) is 0 Å². The number of rotatable bonds is 8. The lowest BCUT2D eigenvalue weighted by molar-refractivity contribution is -0.120. The Morgan fingerprint density at radius 2 is 2.11 bits per heavy atom. The maximum atomic E-state index is 11.8. The molecule has 1 aromatic rings. The largest absolute Gasteiger partial charge is 0.394 e. The number of aliphatic hydroxyl groups excluding tert-OH is 1. The van der Waals surface area contributed by atoms with E-state index in [-0.39, 0.29) is 17.8 Å². The summed E-state index contributed by atoms with van der Waals surface area (Å²) in [6.45, 7) is 3.00. The standard InChI is InChI=1S/C13H18ClNO3S/c1-10(13(17)15-6-8-18-9-7-16)19-12-4-2-11(14)3-5-12/h2-5,10,16H,6-9H2,1H3,(H,15,17). The summed E-state index contributed by atoms with van der Waals surface area (Å²) in [5, 5.41) is 11.8. The van der Waals surface area contributed by atoms with Gasteiger partial charge in [0.25, 0.3) is 0 Å². The van der Waals surface area contributed by atoms with Crippen molar-refractivity contribution in [3.8, 4) is 0 Å². The second kappa shape index (κ2) is 9.20. The number of hydrogen-bond donors (Lipinski definition) is 2. The molecule has 0 heterocycles. The van der Waals surface area contributed by atoms with E-state index in [0.29, 0.717) is 24.8 Å². The van der Waals surface area contributed by atoms with Crippen LogP contribution in [0.2, 0.25) is 5.02 Å². The topological polar surface area (TPSA) is 58.6 Å². The molecule has 2 N–H and O–H groups in total. The monoisotopic (exact) mass is 303 g/mol. The lowest BCUT2D eigenvalue weighted by atomic mass is 10.4. The van der Waals surface area contributed by atoms with Crippen molar-refractivity contribution in [3.05, 3.63) is 29.3 Å². The first kappa shape index (κ1) is 16.3. The zero-order valence-electron chi connectivity index (χ0n) is 10.8. The second-order valence-electron chi connectivity index (χ2n) is 3.84. The third kappa shape index (κ3) is 6.82. The van der Waals surface area contributed by atoms with Crippen LogP contribution in [-0.2, 0) is 9.53 Å². The summed E-state index contributed by atoms with van der Waals surface area (Å²) in [6, 6.07) is 7.39. The Kier molecular flexibility index (Phi) is 7.90. The molecule has 1 aromatic carbocycles. The summed E-state index contributed by atoms with van der Waals surface area (Å²) in [5.41, 5.74) is 0. The van der Waals surface area contributed by atoms with Crippen molar-refractivity contribution >= 4 is 29.3 Å². The van der Waals surface area contributed by atoms with Gasteiger partial charge in [0, 0.05) is 16.5 Å². The van der Waals surface area contributed by atoms with E-state index < -0.39 is 0 Å². The summed E-state index contributed by atoms with van der Waals surface area (Å²) >= 11 is 7.28. The summed E-state index contributed by atoms with van der Waals surface area (Å²) in [4.78, 5) is 12.8. The quantitative estimate of drug-likeness (QED) is 0.569. The minimum atomic E-state index is -0.181. The molecule has 1 amide bonds. The summed E-state index contributed by atoms with van der Waals surface area (Å²) < 4.78 is 5.06. The van der Waals surface area contributed by atoms with Gasteiger partial charge >= 0.3 is 0 Å². The van der Waals surface area contributed by atoms with Crippen molar-refractivity contribution < 1.29 is 14.6 Å². The molecule has 1 atom stereocenters. The van der Waals surface area contributed by atoms with Gasteiger partial charge in [-0.05, 0) is 31.2 Å². The van der Waals surface area contributed by atoms with Crippen LogP contribution in [0.3, 0.4) is 0 Å². The lowest BCUT2D eigenvalue weighted by Crippen LogP contribution is -2.33. The van der Waals surface area contributed by atoms with Crippen LogP contribution in [0.4, 0.5) is 0 Å². The highest BCUT2D eigenvalue weighted by Crippen LogP contribution is 2.24. The highest BCUT2D eigenvalue weighted by molar-refractivity contribution is 8.00. The molecule has 6 heteroatoms. The average molecular weight is 304 g/mol. The predicted octanol–water partition coefficient (Wildman–Crippen LogP) is 1.95. The Labute approximate surface area is 122 Å². The molecule has 0 aliphatic heterocycles. The van der Waals surface area contributed by atoms with Gasteiger partial charge in [0.2, 0.25) is 5.91 Å². The number of ether oxygens (including phenoxy) is 1. The van der Waals surface area contributed by atoms with Gasteiger partial charge < -0.3 is 15.2 Å². The van der Waals surface area contributed by atoms with E-state index in [1.807, 2.05) is 19.1 Å². The minimum Gasteiger partial charge on any atom is -0.394 e. The fourth-order valence-electron chi connectivity index (χ4n) is 1.33. The number of benzene rings is 1. The normalized spacial score (nSPS) is 12.2. The number of aliphatic hydroxyl groups is 1. The number of nitrogens with one attached hydrogen (secondary N) is 1. The number of amides is 1. The Balaban J connectivity index is 2.26. The first-order chi connectivity index (χ1) is 9.13. The van der Waals surface area contributed by atoms with Gasteiger partial charge in [0.15, 0.2) is 0 Å². The van der Waals surface area contributed by atoms with E-state index in [9.17, 15) is 4.79 Å². The van der Waals surface area contributed by atoms with Crippen molar-refractivity contribution in [2.75, 3.05) is 26.4 Å². The van der Waals surface area contributed by atoms with E-state index in [0.717, 1.165) is 4.90 Å². The first-order valence-corrected chi connectivity index (χ1v) is 7.28. The minimum absolute atomic E-state index is 0.00321. The van der Waals surface area contributed by atoms with Crippen LogP contribution in [0, 0.1) is 0 Å². The SMILES string of the molecule is CC(Sc1ccc(Cl)cc1)C(=O)NCCOCCO. The zero-order valence-corrected chi connectivity index (χ0v) is 12.3. The molecule has 0 aliphatic rings. The van der Waals surface area contributed by atoms with Gasteiger partial charge in [-0.3, -0.25) is 4.79 Å². The number of carbonyl (C=O) groups excluding carboxylic acids is 1. The van der Waals surface area contributed by atoms with Crippen molar-refractivity contribution in [3.63, 3.8) is 0 Å². The van der Waals surface area contributed by atoms with E-state index in [1.54, 1.807) is 12.1 Å². The highest BCUT2D eigenvalue weighted by atomic mass is 35.5.